The number of fused-ring (bicyclic) bond motifs is 2. The van der Waals surface area contributed by atoms with Gasteiger partial charge in [-0.1, -0.05) is 24.3 Å². The Hall–Kier alpha value is -3.57. The zero-order chi connectivity index (χ0) is 23.3. The van der Waals surface area contributed by atoms with Gasteiger partial charge in [-0.2, -0.15) is 26.3 Å². The molecule has 32 heavy (non-hydrogen) atoms. The Morgan fingerprint density at radius 1 is 1.03 bits per heavy atom. The lowest BCUT2D eigenvalue weighted by Gasteiger charge is -2.32. The molecule has 0 radical (unpaired) electrons. The Balaban J connectivity index is 1.84. The molecule has 1 N–H and O–H groups in total. The SMILES string of the molecule is O=C1C[C@@H](C(F)(F)F)N(C(=O)Cn2c(C(F)(F)F)nc3ccccc32)c2ccccc2N1. The Morgan fingerprint density at radius 2 is 1.69 bits per heavy atom. The molecule has 0 fully saturated rings. The van der Waals surface area contributed by atoms with E-state index in [-0.39, 0.29) is 22.4 Å². The minimum Gasteiger partial charge on any atom is -0.324 e. The molecule has 0 unspecified atom stereocenters. The third-order valence-corrected chi connectivity index (χ3v) is 4.98. The maximum Gasteiger partial charge on any atom is 0.449 e. The molecule has 0 bridgehead atoms. The van der Waals surface area contributed by atoms with Crippen LogP contribution in [0.25, 0.3) is 11.0 Å². The first-order chi connectivity index (χ1) is 15.0. The van der Waals surface area contributed by atoms with Gasteiger partial charge in [-0.05, 0) is 24.3 Å². The Morgan fingerprint density at radius 3 is 2.38 bits per heavy atom. The highest BCUT2D eigenvalue weighted by molar-refractivity contribution is 6.04. The van der Waals surface area contributed by atoms with Crippen LogP contribution in [0, 0.1) is 0 Å². The van der Waals surface area contributed by atoms with E-state index >= 15 is 0 Å². The highest BCUT2D eigenvalue weighted by Crippen LogP contribution is 2.38. The largest absolute Gasteiger partial charge is 0.449 e. The summed E-state index contributed by atoms with van der Waals surface area (Å²) in [4.78, 5) is 29.0. The minimum atomic E-state index is -5.01. The van der Waals surface area contributed by atoms with Crippen molar-refractivity contribution >= 4 is 34.2 Å². The molecule has 1 aliphatic rings. The van der Waals surface area contributed by atoms with Crippen LogP contribution in [0.1, 0.15) is 12.2 Å². The standard InChI is InChI=1S/C20H14F6N4O2/c21-19(22,23)15-9-16(31)27-12-6-2-4-8-14(12)30(15)17(32)10-29-13-7-3-1-5-11(13)28-18(29)20(24,25)26/h1-8,15H,9-10H2,(H,27,31)/t15-/m0/s1. The van der Waals surface area contributed by atoms with Crippen molar-refractivity contribution in [2.45, 2.75) is 31.4 Å². The van der Waals surface area contributed by atoms with Gasteiger partial charge in [0.15, 0.2) is 0 Å². The number of benzene rings is 2. The second-order valence-corrected chi connectivity index (χ2v) is 7.10. The van der Waals surface area contributed by atoms with E-state index in [0.717, 1.165) is 0 Å². The fraction of sp³-hybridized carbons (Fsp3) is 0.250. The molecular formula is C20H14F6N4O2. The molecule has 168 valence electrons. The van der Waals surface area contributed by atoms with E-state index in [4.69, 9.17) is 0 Å². The number of hydrogen-bond donors (Lipinski definition) is 1. The molecule has 0 saturated carbocycles. The normalized spacial score (nSPS) is 17.1. The Bertz CT molecular complexity index is 1200. The van der Waals surface area contributed by atoms with Crippen LogP contribution in [-0.4, -0.2) is 33.6 Å². The quantitative estimate of drug-likeness (QED) is 0.583. The molecular weight excluding hydrogens is 442 g/mol. The van der Waals surface area contributed by atoms with E-state index in [1.165, 1.54) is 48.5 Å². The average molecular weight is 456 g/mol. The van der Waals surface area contributed by atoms with E-state index in [1.807, 2.05) is 0 Å². The third kappa shape index (κ3) is 3.87. The number of alkyl halides is 6. The lowest BCUT2D eigenvalue weighted by atomic mass is 10.1. The van der Waals surface area contributed by atoms with E-state index in [1.54, 1.807) is 0 Å². The van der Waals surface area contributed by atoms with Crippen molar-refractivity contribution in [3.05, 3.63) is 54.4 Å². The topological polar surface area (TPSA) is 67.2 Å². The van der Waals surface area contributed by atoms with Crippen molar-refractivity contribution < 1.29 is 35.9 Å². The summed E-state index contributed by atoms with van der Waals surface area (Å²) in [5.74, 6) is -3.66. The van der Waals surface area contributed by atoms with Crippen molar-refractivity contribution in [3.8, 4) is 0 Å². The maximum absolute atomic E-state index is 13.8. The summed E-state index contributed by atoms with van der Waals surface area (Å²) in [7, 11) is 0. The summed E-state index contributed by atoms with van der Waals surface area (Å²) in [6.45, 7) is -1.07. The average Bonchev–Trinajstić information content (AvgIpc) is 2.98. The van der Waals surface area contributed by atoms with Gasteiger partial charge in [0.25, 0.3) is 0 Å². The lowest BCUT2D eigenvalue weighted by Crippen LogP contribution is -2.50. The van der Waals surface area contributed by atoms with Crippen LogP contribution in [0.2, 0.25) is 0 Å². The number of amides is 2. The van der Waals surface area contributed by atoms with Crippen LogP contribution in [0.3, 0.4) is 0 Å². The zero-order valence-electron chi connectivity index (χ0n) is 16.0. The number of halogens is 6. The number of nitrogens with one attached hydrogen (secondary N) is 1. The summed E-state index contributed by atoms with van der Waals surface area (Å²) in [6.07, 6.45) is -11.0. The zero-order valence-corrected chi connectivity index (χ0v) is 16.0. The highest BCUT2D eigenvalue weighted by atomic mass is 19.4. The van der Waals surface area contributed by atoms with Gasteiger partial charge in [0.2, 0.25) is 17.6 Å². The molecule has 2 heterocycles. The molecule has 6 nitrogen and oxygen atoms in total. The molecule has 0 aliphatic carbocycles. The lowest BCUT2D eigenvalue weighted by molar-refractivity contribution is -0.158. The number of hydrogen-bond acceptors (Lipinski definition) is 3. The van der Waals surface area contributed by atoms with Gasteiger partial charge in [-0.3, -0.25) is 14.5 Å². The molecule has 0 spiro atoms. The third-order valence-electron chi connectivity index (χ3n) is 4.98. The first kappa shape index (κ1) is 21.7. The first-order valence-electron chi connectivity index (χ1n) is 9.27. The van der Waals surface area contributed by atoms with Crippen LogP contribution in [-0.2, 0) is 22.3 Å². The number of anilines is 2. The predicted octanol–water partition coefficient (Wildman–Crippen LogP) is 4.36. The van der Waals surface area contributed by atoms with E-state index < -0.39 is 49.0 Å². The van der Waals surface area contributed by atoms with Crippen molar-refractivity contribution in [2.24, 2.45) is 0 Å². The monoisotopic (exact) mass is 456 g/mol. The van der Waals surface area contributed by atoms with E-state index in [2.05, 4.69) is 10.3 Å². The molecule has 1 atom stereocenters. The van der Waals surface area contributed by atoms with Crippen molar-refractivity contribution in [2.75, 3.05) is 10.2 Å². The van der Waals surface area contributed by atoms with Crippen LogP contribution >= 0.6 is 0 Å². The maximum atomic E-state index is 13.8. The number of imidazole rings is 1. The van der Waals surface area contributed by atoms with Gasteiger partial charge in [0.1, 0.15) is 12.6 Å². The molecule has 4 rings (SSSR count). The molecule has 1 aliphatic heterocycles. The van der Waals surface area contributed by atoms with Crippen molar-refractivity contribution in [1.82, 2.24) is 9.55 Å². The smallest absolute Gasteiger partial charge is 0.324 e. The summed E-state index contributed by atoms with van der Waals surface area (Å²) in [5, 5.41) is 2.30. The second-order valence-electron chi connectivity index (χ2n) is 7.10. The molecule has 1 aromatic heterocycles. The van der Waals surface area contributed by atoms with Gasteiger partial charge in [-0.25, -0.2) is 4.98 Å². The summed E-state index contributed by atoms with van der Waals surface area (Å²) in [6, 6.07) is 8.20. The summed E-state index contributed by atoms with van der Waals surface area (Å²) >= 11 is 0. The number of carbonyl (C=O) groups is 2. The fourth-order valence-corrected chi connectivity index (χ4v) is 3.66. The van der Waals surface area contributed by atoms with E-state index in [9.17, 15) is 35.9 Å². The summed E-state index contributed by atoms with van der Waals surface area (Å²) < 4.78 is 82.7. The molecule has 2 aromatic carbocycles. The molecule has 2 amide bonds. The molecule has 12 heteroatoms. The number of aromatic nitrogens is 2. The van der Waals surface area contributed by atoms with Gasteiger partial charge in [-0.15, -0.1) is 0 Å². The predicted molar refractivity (Wildman–Crippen MR) is 102 cm³/mol. The van der Waals surface area contributed by atoms with Crippen molar-refractivity contribution in [3.63, 3.8) is 0 Å². The van der Waals surface area contributed by atoms with Crippen LogP contribution in [0.5, 0.6) is 0 Å². The van der Waals surface area contributed by atoms with Gasteiger partial charge in [0.05, 0.1) is 28.8 Å². The van der Waals surface area contributed by atoms with Crippen LogP contribution in [0.15, 0.2) is 48.5 Å². The number of carbonyl (C=O) groups excluding carboxylic acids is 2. The molecule has 0 saturated heterocycles. The number of rotatable bonds is 2. The molecule has 3 aromatic rings. The van der Waals surface area contributed by atoms with Gasteiger partial charge < -0.3 is 9.88 Å². The highest BCUT2D eigenvalue weighted by Gasteiger charge is 2.49. The van der Waals surface area contributed by atoms with Crippen molar-refractivity contribution in [1.29, 1.82) is 0 Å². The Labute approximate surface area is 176 Å². The first-order valence-corrected chi connectivity index (χ1v) is 9.27. The van der Waals surface area contributed by atoms with Crippen LogP contribution < -0.4 is 10.2 Å². The summed E-state index contributed by atoms with van der Waals surface area (Å²) in [5.41, 5.74) is -0.435. The second kappa shape index (κ2) is 7.53. The Kier molecular flexibility index (Phi) is 5.10. The van der Waals surface area contributed by atoms with Crippen LogP contribution in [0.4, 0.5) is 37.7 Å². The fourth-order valence-electron chi connectivity index (χ4n) is 3.66. The number of nitrogens with zero attached hydrogens (tertiary/aromatic N) is 3. The van der Waals surface area contributed by atoms with Gasteiger partial charge >= 0.3 is 12.4 Å². The van der Waals surface area contributed by atoms with E-state index in [0.29, 0.717) is 9.47 Å². The number of para-hydroxylation sites is 4. The minimum absolute atomic E-state index is 0.0517. The van der Waals surface area contributed by atoms with Gasteiger partial charge in [0, 0.05) is 0 Å².